The maximum absolute atomic E-state index is 12.5. The van der Waals surface area contributed by atoms with Crippen LogP contribution in [0.4, 0.5) is 5.69 Å². The van der Waals surface area contributed by atoms with Crippen LogP contribution < -0.4 is 10.1 Å². The van der Waals surface area contributed by atoms with Crippen LogP contribution in [0.5, 0.6) is 5.75 Å². The van der Waals surface area contributed by atoms with E-state index in [0.717, 1.165) is 21.4 Å². The first-order valence-electron chi connectivity index (χ1n) is 8.47. The third kappa shape index (κ3) is 3.52. The van der Waals surface area contributed by atoms with Gasteiger partial charge in [0.25, 0.3) is 5.91 Å². The Labute approximate surface area is 159 Å². The summed E-state index contributed by atoms with van der Waals surface area (Å²) < 4.78 is 7.16. The van der Waals surface area contributed by atoms with Gasteiger partial charge >= 0.3 is 0 Å². The molecule has 4 aromatic rings. The Hall–Kier alpha value is -3.26. The summed E-state index contributed by atoms with van der Waals surface area (Å²) in [6, 6.07) is 14.7. The van der Waals surface area contributed by atoms with Crippen LogP contribution in [0.1, 0.15) is 23.1 Å². The van der Waals surface area contributed by atoms with Crippen LogP contribution in [0.2, 0.25) is 0 Å². The number of hydrogen-bond donors (Lipinski definition) is 1. The number of nitrogens with one attached hydrogen (secondary N) is 1. The molecule has 0 spiro atoms. The molecule has 2 aromatic heterocycles. The van der Waals surface area contributed by atoms with Gasteiger partial charge in [-0.3, -0.25) is 4.79 Å². The van der Waals surface area contributed by atoms with Gasteiger partial charge in [-0.05, 0) is 56.3 Å². The summed E-state index contributed by atoms with van der Waals surface area (Å²) in [6.07, 6.45) is 0. The van der Waals surface area contributed by atoms with Gasteiger partial charge < -0.3 is 10.1 Å². The Morgan fingerprint density at radius 1 is 1.19 bits per heavy atom. The van der Waals surface area contributed by atoms with E-state index in [9.17, 15) is 4.79 Å². The van der Waals surface area contributed by atoms with E-state index in [4.69, 9.17) is 4.74 Å². The Balaban J connectivity index is 1.50. The van der Waals surface area contributed by atoms with Gasteiger partial charge in [0, 0.05) is 16.8 Å². The maximum Gasteiger partial charge on any atom is 0.255 e. The lowest BCUT2D eigenvalue weighted by atomic mass is 10.2. The second-order valence-electron chi connectivity index (χ2n) is 5.84. The molecule has 2 heterocycles. The largest absolute Gasteiger partial charge is 0.494 e. The minimum atomic E-state index is -0.182. The van der Waals surface area contributed by atoms with Crippen LogP contribution in [-0.2, 0) is 0 Å². The van der Waals surface area contributed by atoms with Gasteiger partial charge in [0.1, 0.15) is 10.8 Å². The molecule has 0 aliphatic rings. The molecule has 0 saturated heterocycles. The summed E-state index contributed by atoms with van der Waals surface area (Å²) in [5.41, 5.74) is 2.22. The molecule has 0 bridgehead atoms. The molecule has 0 aliphatic carbocycles. The van der Waals surface area contributed by atoms with Crippen molar-refractivity contribution < 1.29 is 9.53 Å². The van der Waals surface area contributed by atoms with E-state index < -0.39 is 0 Å². The predicted molar refractivity (Wildman–Crippen MR) is 104 cm³/mol. The zero-order valence-corrected chi connectivity index (χ0v) is 15.7. The second kappa shape index (κ2) is 7.16. The highest BCUT2D eigenvalue weighted by molar-refractivity contribution is 7.19. The molecular formula is C19H17N5O2S. The Bertz CT molecular complexity index is 1100. The normalized spacial score (nSPS) is 10.9. The van der Waals surface area contributed by atoms with Crippen LogP contribution in [-0.4, -0.2) is 32.3 Å². The van der Waals surface area contributed by atoms with Gasteiger partial charge in [0.2, 0.25) is 4.96 Å². The molecule has 2 aromatic carbocycles. The first-order valence-corrected chi connectivity index (χ1v) is 9.29. The molecule has 0 unspecified atom stereocenters. The zero-order valence-electron chi connectivity index (χ0n) is 14.8. The van der Waals surface area contributed by atoms with Gasteiger partial charge in [-0.2, -0.15) is 9.61 Å². The molecule has 4 rings (SSSR count). The van der Waals surface area contributed by atoms with Crippen LogP contribution in [0.3, 0.4) is 0 Å². The fourth-order valence-corrected chi connectivity index (χ4v) is 3.52. The standard InChI is InChI=1S/C19H17N5O2S/c1-3-26-16-6-4-5-14(11-16)17(25)20-15-9-7-13(8-10-15)18-23-24-12(2)21-22-19(24)27-18/h4-11H,3H2,1-2H3,(H,20,25). The van der Waals surface area contributed by atoms with Gasteiger partial charge in [0.15, 0.2) is 5.82 Å². The molecule has 0 saturated carbocycles. The second-order valence-corrected chi connectivity index (χ2v) is 6.80. The van der Waals surface area contributed by atoms with E-state index in [0.29, 0.717) is 23.6 Å². The minimum absolute atomic E-state index is 0.182. The summed E-state index contributed by atoms with van der Waals surface area (Å²) in [4.78, 5) is 13.2. The average molecular weight is 379 g/mol. The van der Waals surface area contributed by atoms with Crippen LogP contribution in [0.25, 0.3) is 15.5 Å². The molecule has 136 valence electrons. The quantitative estimate of drug-likeness (QED) is 0.570. The highest BCUT2D eigenvalue weighted by atomic mass is 32.1. The van der Waals surface area contributed by atoms with E-state index in [2.05, 4.69) is 20.6 Å². The smallest absolute Gasteiger partial charge is 0.255 e. The number of anilines is 1. The number of aromatic nitrogens is 4. The number of carbonyl (C=O) groups excluding carboxylic acids is 1. The van der Waals surface area contributed by atoms with Gasteiger partial charge in [-0.15, -0.1) is 10.2 Å². The summed E-state index contributed by atoms with van der Waals surface area (Å²) >= 11 is 1.47. The van der Waals surface area contributed by atoms with Crippen molar-refractivity contribution in [3.05, 3.63) is 59.9 Å². The fourth-order valence-electron chi connectivity index (χ4n) is 2.62. The molecule has 1 N–H and O–H groups in total. The SMILES string of the molecule is CCOc1cccc(C(=O)Nc2ccc(-c3nn4c(C)nnc4s3)cc2)c1. The maximum atomic E-state index is 12.5. The highest BCUT2D eigenvalue weighted by Crippen LogP contribution is 2.26. The number of ether oxygens (including phenoxy) is 1. The molecule has 0 radical (unpaired) electrons. The number of amides is 1. The lowest BCUT2D eigenvalue weighted by molar-refractivity contribution is 0.102. The minimum Gasteiger partial charge on any atom is -0.494 e. The molecule has 0 fully saturated rings. The van der Waals surface area contributed by atoms with Crippen LogP contribution in [0, 0.1) is 6.92 Å². The van der Waals surface area contributed by atoms with E-state index in [1.165, 1.54) is 11.3 Å². The number of benzene rings is 2. The summed E-state index contributed by atoms with van der Waals surface area (Å²) in [5.74, 6) is 1.25. The number of hydrogen-bond acceptors (Lipinski definition) is 6. The summed E-state index contributed by atoms with van der Waals surface area (Å²) in [6.45, 7) is 4.33. The van der Waals surface area contributed by atoms with Gasteiger partial charge in [-0.1, -0.05) is 17.4 Å². The molecule has 0 atom stereocenters. The average Bonchev–Trinajstić information content (AvgIpc) is 3.25. The monoisotopic (exact) mass is 379 g/mol. The molecule has 8 heteroatoms. The zero-order chi connectivity index (χ0) is 18.8. The van der Waals surface area contributed by atoms with Crippen molar-refractivity contribution in [2.24, 2.45) is 0 Å². The number of fused-ring (bicyclic) bond motifs is 1. The molecule has 7 nitrogen and oxygen atoms in total. The van der Waals surface area contributed by atoms with Gasteiger partial charge in [0.05, 0.1) is 6.61 Å². The van der Waals surface area contributed by atoms with Crippen molar-refractivity contribution in [3.63, 3.8) is 0 Å². The number of rotatable bonds is 5. The van der Waals surface area contributed by atoms with E-state index >= 15 is 0 Å². The first-order chi connectivity index (χ1) is 13.1. The summed E-state index contributed by atoms with van der Waals surface area (Å²) in [5, 5.41) is 16.3. The molecule has 0 aliphatic heterocycles. The van der Waals surface area contributed by atoms with Crippen molar-refractivity contribution in [2.45, 2.75) is 13.8 Å². The van der Waals surface area contributed by atoms with Crippen molar-refractivity contribution in [2.75, 3.05) is 11.9 Å². The fraction of sp³-hybridized carbons (Fsp3) is 0.158. The topological polar surface area (TPSA) is 81.4 Å². The van der Waals surface area contributed by atoms with Crippen molar-refractivity contribution >= 4 is 27.9 Å². The highest BCUT2D eigenvalue weighted by Gasteiger charge is 2.11. The molecule has 27 heavy (non-hydrogen) atoms. The van der Waals surface area contributed by atoms with Crippen molar-refractivity contribution in [1.82, 2.24) is 19.8 Å². The Morgan fingerprint density at radius 3 is 2.74 bits per heavy atom. The van der Waals surface area contributed by atoms with E-state index in [1.807, 2.05) is 44.2 Å². The first kappa shape index (κ1) is 17.2. The Morgan fingerprint density at radius 2 is 2.00 bits per heavy atom. The number of nitrogens with zero attached hydrogens (tertiary/aromatic N) is 4. The number of carbonyl (C=O) groups is 1. The lowest BCUT2D eigenvalue weighted by Crippen LogP contribution is -2.11. The third-order valence-electron chi connectivity index (χ3n) is 3.94. The predicted octanol–water partition coefficient (Wildman–Crippen LogP) is 3.81. The summed E-state index contributed by atoms with van der Waals surface area (Å²) in [7, 11) is 0. The van der Waals surface area contributed by atoms with Crippen molar-refractivity contribution in [3.8, 4) is 16.3 Å². The Kier molecular flexibility index (Phi) is 4.55. The molecule has 1 amide bonds. The van der Waals surface area contributed by atoms with Crippen molar-refractivity contribution in [1.29, 1.82) is 0 Å². The van der Waals surface area contributed by atoms with E-state index in [1.54, 1.807) is 22.7 Å². The van der Waals surface area contributed by atoms with Crippen LogP contribution in [0.15, 0.2) is 48.5 Å². The third-order valence-corrected chi connectivity index (χ3v) is 4.89. The van der Waals surface area contributed by atoms with Gasteiger partial charge in [-0.25, -0.2) is 0 Å². The molecular weight excluding hydrogens is 362 g/mol. The van der Waals surface area contributed by atoms with E-state index in [-0.39, 0.29) is 5.91 Å². The number of aryl methyl sites for hydroxylation is 1. The lowest BCUT2D eigenvalue weighted by Gasteiger charge is -2.08. The van der Waals surface area contributed by atoms with Crippen LogP contribution >= 0.6 is 11.3 Å².